The van der Waals surface area contributed by atoms with E-state index < -0.39 is 13.1 Å². The maximum Gasteiger partial charge on any atom is 0.492 e. The van der Waals surface area contributed by atoms with E-state index >= 15 is 0 Å². The average molecular weight is 224 g/mol. The third kappa shape index (κ3) is 3.56. The summed E-state index contributed by atoms with van der Waals surface area (Å²) in [4.78, 5) is 11.0. The normalized spacial score (nSPS) is 9.69. The van der Waals surface area contributed by atoms with Crippen molar-refractivity contribution in [3.05, 3.63) is 24.3 Å². The van der Waals surface area contributed by atoms with Crippen molar-refractivity contribution in [1.29, 1.82) is 0 Å². The van der Waals surface area contributed by atoms with E-state index in [9.17, 15) is 4.79 Å². The minimum absolute atomic E-state index is 0.215. The summed E-state index contributed by atoms with van der Waals surface area (Å²) >= 11 is 0. The van der Waals surface area contributed by atoms with Gasteiger partial charge in [0.1, 0.15) is 5.75 Å². The van der Waals surface area contributed by atoms with Crippen molar-refractivity contribution in [2.24, 2.45) is 0 Å². The van der Waals surface area contributed by atoms with Crippen LogP contribution in [-0.4, -0.2) is 36.3 Å². The number of hydrogen-bond donors (Lipinski definition) is 2. The number of carbonyl (C=O) groups excluding carboxylic acids is 1. The lowest BCUT2D eigenvalue weighted by atomic mass is 9.79. The zero-order chi connectivity index (χ0) is 12.0. The highest BCUT2D eigenvalue weighted by molar-refractivity contribution is 6.59. The van der Waals surface area contributed by atoms with Gasteiger partial charge in [0, 0.05) is 5.46 Å². The van der Waals surface area contributed by atoms with Gasteiger partial charge in [-0.2, -0.15) is 0 Å². The predicted octanol–water partition coefficient (Wildman–Crippen LogP) is -0.692. The molecular weight excluding hydrogens is 211 g/mol. The minimum atomic E-state index is -1.63. The van der Waals surface area contributed by atoms with Gasteiger partial charge in [-0.1, -0.05) is 18.2 Å². The first-order valence-electron chi connectivity index (χ1n) is 4.88. The first kappa shape index (κ1) is 12.5. The third-order valence-electron chi connectivity index (χ3n) is 1.85. The monoisotopic (exact) mass is 224 g/mol. The van der Waals surface area contributed by atoms with Gasteiger partial charge in [-0.3, -0.25) is 0 Å². The van der Waals surface area contributed by atoms with Crippen LogP contribution in [0.1, 0.15) is 6.92 Å². The fraction of sp³-hybridized carbons (Fsp3) is 0.300. The largest absolute Gasteiger partial charge is 0.492 e. The summed E-state index contributed by atoms with van der Waals surface area (Å²) in [7, 11) is -1.63. The number of esters is 1. The molecule has 0 saturated heterocycles. The van der Waals surface area contributed by atoms with Crippen LogP contribution in [0.3, 0.4) is 0 Å². The molecule has 0 amide bonds. The van der Waals surface area contributed by atoms with E-state index in [4.69, 9.17) is 14.8 Å². The Kier molecular flexibility index (Phi) is 4.82. The highest BCUT2D eigenvalue weighted by Gasteiger charge is 2.17. The number of carbonyl (C=O) groups is 1. The molecule has 0 aliphatic carbocycles. The van der Waals surface area contributed by atoms with Gasteiger partial charge in [-0.15, -0.1) is 0 Å². The molecular formula is C10H13BO5. The van der Waals surface area contributed by atoms with Gasteiger partial charge < -0.3 is 19.5 Å². The van der Waals surface area contributed by atoms with Crippen LogP contribution in [-0.2, 0) is 9.53 Å². The lowest BCUT2D eigenvalue weighted by Gasteiger charge is -2.09. The molecule has 0 unspecified atom stereocenters. The maximum absolute atomic E-state index is 11.0. The molecule has 6 heteroatoms. The Morgan fingerprint density at radius 3 is 2.69 bits per heavy atom. The van der Waals surface area contributed by atoms with E-state index in [0.717, 1.165) is 0 Å². The summed E-state index contributed by atoms with van der Waals surface area (Å²) in [6.45, 7) is 1.73. The molecule has 2 N–H and O–H groups in total. The Morgan fingerprint density at radius 1 is 1.38 bits per heavy atom. The standard InChI is InChI=1S/C10H13BO5/c1-2-15-10(12)7-16-9-6-4-3-5-8(9)11(13)14/h3-6,13-14H,2,7H2,1H3. The quantitative estimate of drug-likeness (QED) is 0.511. The SMILES string of the molecule is CCOC(=O)COc1ccccc1B(O)O. The summed E-state index contributed by atoms with van der Waals surface area (Å²) in [5.41, 5.74) is 0.215. The Labute approximate surface area is 93.8 Å². The van der Waals surface area contributed by atoms with Gasteiger partial charge in [0.25, 0.3) is 0 Å². The second-order valence-electron chi connectivity index (χ2n) is 3.01. The topological polar surface area (TPSA) is 76.0 Å². The van der Waals surface area contributed by atoms with E-state index in [1.807, 2.05) is 0 Å². The molecule has 16 heavy (non-hydrogen) atoms. The first-order valence-corrected chi connectivity index (χ1v) is 4.88. The van der Waals surface area contributed by atoms with Crippen LogP contribution in [0.25, 0.3) is 0 Å². The van der Waals surface area contributed by atoms with Crippen LogP contribution in [0.4, 0.5) is 0 Å². The number of hydrogen-bond acceptors (Lipinski definition) is 5. The molecule has 86 valence electrons. The maximum atomic E-state index is 11.0. The fourth-order valence-corrected chi connectivity index (χ4v) is 1.16. The summed E-state index contributed by atoms with van der Waals surface area (Å²) in [6, 6.07) is 6.37. The van der Waals surface area contributed by atoms with Gasteiger partial charge in [-0.05, 0) is 13.0 Å². The van der Waals surface area contributed by atoms with Gasteiger partial charge in [0.2, 0.25) is 0 Å². The molecule has 0 heterocycles. The van der Waals surface area contributed by atoms with E-state index in [-0.39, 0.29) is 24.4 Å². The molecule has 0 aliphatic heterocycles. The molecule has 1 aromatic carbocycles. The third-order valence-corrected chi connectivity index (χ3v) is 1.85. The molecule has 0 aromatic heterocycles. The van der Waals surface area contributed by atoms with Crippen LogP contribution < -0.4 is 10.2 Å². The Balaban J connectivity index is 2.63. The van der Waals surface area contributed by atoms with Crippen LogP contribution in [0.5, 0.6) is 5.75 Å². The highest BCUT2D eigenvalue weighted by atomic mass is 16.6. The lowest BCUT2D eigenvalue weighted by molar-refractivity contribution is -0.145. The molecule has 0 atom stereocenters. The van der Waals surface area contributed by atoms with Crippen LogP contribution in [0, 0.1) is 0 Å². The zero-order valence-corrected chi connectivity index (χ0v) is 8.92. The van der Waals surface area contributed by atoms with Crippen molar-refractivity contribution in [2.75, 3.05) is 13.2 Å². The predicted molar refractivity (Wildman–Crippen MR) is 58.4 cm³/mol. The van der Waals surface area contributed by atoms with Gasteiger partial charge in [0.05, 0.1) is 6.61 Å². The van der Waals surface area contributed by atoms with Crippen molar-refractivity contribution in [3.63, 3.8) is 0 Å². The van der Waals surface area contributed by atoms with E-state index in [1.165, 1.54) is 6.07 Å². The van der Waals surface area contributed by atoms with Crippen LogP contribution >= 0.6 is 0 Å². The molecule has 0 saturated carbocycles. The Hall–Kier alpha value is -1.53. The number of para-hydroxylation sites is 1. The zero-order valence-electron chi connectivity index (χ0n) is 8.92. The molecule has 0 fully saturated rings. The van der Waals surface area contributed by atoms with Crippen LogP contribution in [0.15, 0.2) is 24.3 Å². The van der Waals surface area contributed by atoms with Crippen molar-refractivity contribution < 1.29 is 24.3 Å². The van der Waals surface area contributed by atoms with Gasteiger partial charge in [-0.25, -0.2) is 4.79 Å². The minimum Gasteiger partial charge on any atom is -0.482 e. The summed E-state index contributed by atoms with van der Waals surface area (Å²) in [6.07, 6.45) is 0. The van der Waals surface area contributed by atoms with Crippen molar-refractivity contribution in [1.82, 2.24) is 0 Å². The first-order chi connectivity index (χ1) is 7.65. The average Bonchev–Trinajstić information content (AvgIpc) is 2.27. The summed E-state index contributed by atoms with van der Waals surface area (Å²) < 4.78 is 9.79. The summed E-state index contributed by atoms with van der Waals surface area (Å²) in [5, 5.41) is 18.1. The fourth-order valence-electron chi connectivity index (χ4n) is 1.16. The Bertz CT molecular complexity index is 353. The van der Waals surface area contributed by atoms with Crippen molar-refractivity contribution in [2.45, 2.75) is 6.92 Å². The highest BCUT2D eigenvalue weighted by Crippen LogP contribution is 2.06. The molecule has 1 rings (SSSR count). The smallest absolute Gasteiger partial charge is 0.482 e. The van der Waals surface area contributed by atoms with Gasteiger partial charge >= 0.3 is 13.1 Å². The van der Waals surface area contributed by atoms with Gasteiger partial charge in [0.15, 0.2) is 6.61 Å². The summed E-state index contributed by atoms with van der Waals surface area (Å²) in [5.74, 6) is -0.240. The molecule has 0 spiro atoms. The van der Waals surface area contributed by atoms with E-state index in [1.54, 1.807) is 25.1 Å². The molecule has 0 bridgehead atoms. The molecule has 0 aliphatic rings. The number of ether oxygens (including phenoxy) is 2. The van der Waals surface area contributed by atoms with Crippen molar-refractivity contribution in [3.8, 4) is 5.75 Å². The van der Waals surface area contributed by atoms with Crippen molar-refractivity contribution >= 4 is 18.6 Å². The molecule has 0 radical (unpaired) electrons. The second-order valence-corrected chi connectivity index (χ2v) is 3.01. The van der Waals surface area contributed by atoms with E-state index in [0.29, 0.717) is 0 Å². The number of benzene rings is 1. The Morgan fingerprint density at radius 2 is 2.06 bits per heavy atom. The second kappa shape index (κ2) is 6.14. The molecule has 1 aromatic rings. The van der Waals surface area contributed by atoms with Crippen LogP contribution in [0.2, 0.25) is 0 Å². The lowest BCUT2D eigenvalue weighted by Crippen LogP contribution is -2.32. The number of rotatable bonds is 5. The van der Waals surface area contributed by atoms with E-state index in [2.05, 4.69) is 4.74 Å². The molecule has 5 nitrogen and oxygen atoms in total.